The molecule has 0 radical (unpaired) electrons. The molecule has 3 rings (SSSR count). The van der Waals surface area contributed by atoms with Crippen LogP contribution in [0.15, 0.2) is 54.6 Å². The maximum Gasteiger partial charge on any atom is 0.0886 e. The molecule has 0 aliphatic rings. The predicted molar refractivity (Wildman–Crippen MR) is 81.1 cm³/mol. The third kappa shape index (κ3) is 1.67. The van der Waals surface area contributed by atoms with Gasteiger partial charge in [-0.15, -0.1) is 0 Å². The molecule has 0 bridgehead atoms. The number of hydrogen-bond donors (Lipinski definition) is 0. The molecule has 17 heavy (non-hydrogen) atoms. The monoisotopic (exact) mass is 333 g/mol. The van der Waals surface area contributed by atoms with Crippen molar-refractivity contribution >= 4 is 33.5 Å². The van der Waals surface area contributed by atoms with Gasteiger partial charge in [-0.3, -0.25) is 0 Å². The van der Waals surface area contributed by atoms with Gasteiger partial charge in [-0.1, -0.05) is 48.5 Å². The van der Waals surface area contributed by atoms with E-state index in [-0.39, 0.29) is 0 Å². The van der Waals surface area contributed by atoms with Crippen LogP contribution in [0.5, 0.6) is 0 Å². The van der Waals surface area contributed by atoms with Crippen molar-refractivity contribution in [2.24, 2.45) is 7.05 Å². The molecule has 1 heterocycles. The van der Waals surface area contributed by atoms with Gasteiger partial charge in [-0.25, -0.2) is 0 Å². The SMILES string of the molecule is Cn1c(I)c(-c2ccccc2)c2ccccc21. The third-order valence-corrected chi connectivity index (χ3v) is 4.36. The zero-order chi connectivity index (χ0) is 11.8. The van der Waals surface area contributed by atoms with Crippen molar-refractivity contribution in [3.8, 4) is 11.1 Å². The van der Waals surface area contributed by atoms with Gasteiger partial charge in [0, 0.05) is 23.5 Å². The Morgan fingerprint density at radius 1 is 0.882 bits per heavy atom. The number of aromatic nitrogens is 1. The highest BCUT2D eigenvalue weighted by Crippen LogP contribution is 2.34. The van der Waals surface area contributed by atoms with Gasteiger partial charge in [-0.2, -0.15) is 0 Å². The quantitative estimate of drug-likeness (QED) is 0.580. The van der Waals surface area contributed by atoms with Crippen LogP contribution < -0.4 is 0 Å². The first-order chi connectivity index (χ1) is 8.29. The molecule has 0 aliphatic heterocycles. The van der Waals surface area contributed by atoms with Gasteiger partial charge in [0.25, 0.3) is 0 Å². The average molecular weight is 333 g/mol. The Morgan fingerprint density at radius 3 is 2.29 bits per heavy atom. The van der Waals surface area contributed by atoms with E-state index < -0.39 is 0 Å². The smallest absolute Gasteiger partial charge is 0.0886 e. The molecule has 0 amide bonds. The first-order valence-electron chi connectivity index (χ1n) is 5.57. The number of halogens is 1. The van der Waals surface area contributed by atoms with Crippen LogP contribution in [-0.4, -0.2) is 4.57 Å². The van der Waals surface area contributed by atoms with Crippen molar-refractivity contribution in [1.82, 2.24) is 4.57 Å². The lowest BCUT2D eigenvalue weighted by Crippen LogP contribution is -1.89. The molecule has 0 N–H and O–H groups in total. The molecule has 0 saturated heterocycles. The molecular weight excluding hydrogens is 321 g/mol. The van der Waals surface area contributed by atoms with Gasteiger partial charge in [0.2, 0.25) is 0 Å². The Balaban J connectivity index is 2.41. The van der Waals surface area contributed by atoms with Crippen molar-refractivity contribution < 1.29 is 0 Å². The van der Waals surface area contributed by atoms with E-state index in [4.69, 9.17) is 0 Å². The van der Waals surface area contributed by atoms with Crippen molar-refractivity contribution in [2.75, 3.05) is 0 Å². The fraction of sp³-hybridized carbons (Fsp3) is 0.0667. The van der Waals surface area contributed by atoms with Gasteiger partial charge in [0.1, 0.15) is 0 Å². The van der Waals surface area contributed by atoms with Crippen LogP contribution in [0.3, 0.4) is 0 Å². The van der Waals surface area contributed by atoms with Crippen molar-refractivity contribution in [2.45, 2.75) is 0 Å². The number of benzene rings is 2. The number of aryl methyl sites for hydroxylation is 1. The summed E-state index contributed by atoms with van der Waals surface area (Å²) >= 11 is 2.42. The summed E-state index contributed by atoms with van der Waals surface area (Å²) in [5.41, 5.74) is 3.91. The van der Waals surface area contributed by atoms with E-state index in [9.17, 15) is 0 Å². The Morgan fingerprint density at radius 2 is 1.53 bits per heavy atom. The second-order valence-electron chi connectivity index (χ2n) is 4.11. The summed E-state index contributed by atoms with van der Waals surface area (Å²) in [5.74, 6) is 0. The summed E-state index contributed by atoms with van der Waals surface area (Å²) in [5, 5.41) is 1.32. The van der Waals surface area contributed by atoms with Gasteiger partial charge in [-0.05, 0) is 34.2 Å². The van der Waals surface area contributed by atoms with E-state index in [0.717, 1.165) is 0 Å². The van der Waals surface area contributed by atoms with Crippen LogP contribution in [-0.2, 0) is 7.05 Å². The summed E-state index contributed by atoms with van der Waals surface area (Å²) in [7, 11) is 2.12. The number of rotatable bonds is 1. The maximum absolute atomic E-state index is 2.42. The summed E-state index contributed by atoms with van der Waals surface area (Å²) in [4.78, 5) is 0. The normalized spacial score (nSPS) is 10.9. The topological polar surface area (TPSA) is 4.93 Å². The zero-order valence-electron chi connectivity index (χ0n) is 9.52. The third-order valence-electron chi connectivity index (χ3n) is 3.10. The van der Waals surface area contributed by atoms with Crippen LogP contribution in [0.4, 0.5) is 0 Å². The van der Waals surface area contributed by atoms with E-state index in [2.05, 4.69) is 88.8 Å². The minimum absolute atomic E-state index is 1.29. The largest absolute Gasteiger partial charge is 0.339 e. The van der Waals surface area contributed by atoms with Crippen molar-refractivity contribution in [3.63, 3.8) is 0 Å². The maximum atomic E-state index is 2.42. The van der Waals surface area contributed by atoms with Crippen LogP contribution in [0.2, 0.25) is 0 Å². The lowest BCUT2D eigenvalue weighted by molar-refractivity contribution is 0.939. The molecule has 0 fully saturated rings. The standard InChI is InChI=1S/C15H12IN/c1-17-13-10-6-5-9-12(13)14(15(17)16)11-7-3-2-4-8-11/h2-10H,1H3. The van der Waals surface area contributed by atoms with Gasteiger partial charge in [0.05, 0.1) is 3.70 Å². The summed E-state index contributed by atoms with van der Waals surface area (Å²) in [6, 6.07) is 19.1. The predicted octanol–water partition coefficient (Wildman–Crippen LogP) is 4.45. The Hall–Kier alpha value is -1.29. The molecular formula is C15H12IN. The summed E-state index contributed by atoms with van der Waals surface area (Å²) in [6.07, 6.45) is 0. The van der Waals surface area contributed by atoms with Crippen molar-refractivity contribution in [1.29, 1.82) is 0 Å². The first kappa shape index (κ1) is 10.8. The second kappa shape index (κ2) is 4.18. The molecule has 0 saturated carbocycles. The number of para-hydroxylation sites is 1. The highest BCUT2D eigenvalue weighted by molar-refractivity contribution is 14.1. The molecule has 0 atom stereocenters. The second-order valence-corrected chi connectivity index (χ2v) is 5.13. The summed E-state index contributed by atoms with van der Waals surface area (Å²) < 4.78 is 3.54. The molecule has 3 aromatic rings. The van der Waals surface area contributed by atoms with Crippen LogP contribution in [0.25, 0.3) is 22.0 Å². The minimum atomic E-state index is 1.29. The molecule has 84 valence electrons. The van der Waals surface area contributed by atoms with Gasteiger partial charge in [0.15, 0.2) is 0 Å². The molecule has 2 heteroatoms. The number of fused-ring (bicyclic) bond motifs is 1. The highest BCUT2D eigenvalue weighted by atomic mass is 127. The Bertz CT molecular complexity index is 668. The number of nitrogens with zero attached hydrogens (tertiary/aromatic N) is 1. The van der Waals surface area contributed by atoms with Crippen LogP contribution >= 0.6 is 22.6 Å². The van der Waals surface area contributed by atoms with E-state index in [1.165, 1.54) is 25.7 Å². The van der Waals surface area contributed by atoms with E-state index in [1.54, 1.807) is 0 Å². The average Bonchev–Trinajstić information content (AvgIpc) is 2.64. The van der Waals surface area contributed by atoms with E-state index in [0.29, 0.717) is 0 Å². The van der Waals surface area contributed by atoms with Gasteiger partial charge >= 0.3 is 0 Å². The molecule has 2 aromatic carbocycles. The van der Waals surface area contributed by atoms with E-state index in [1.807, 2.05) is 0 Å². The fourth-order valence-corrected chi connectivity index (χ4v) is 3.10. The minimum Gasteiger partial charge on any atom is -0.339 e. The van der Waals surface area contributed by atoms with Crippen LogP contribution in [0.1, 0.15) is 0 Å². The van der Waals surface area contributed by atoms with Crippen LogP contribution in [0, 0.1) is 3.70 Å². The Labute approximate surface area is 114 Å². The molecule has 1 aromatic heterocycles. The van der Waals surface area contributed by atoms with Gasteiger partial charge < -0.3 is 4.57 Å². The fourth-order valence-electron chi connectivity index (χ4n) is 2.24. The molecule has 0 spiro atoms. The lowest BCUT2D eigenvalue weighted by atomic mass is 10.1. The van der Waals surface area contributed by atoms with E-state index >= 15 is 0 Å². The molecule has 1 nitrogen and oxygen atoms in total. The molecule has 0 unspecified atom stereocenters. The molecule has 0 aliphatic carbocycles. The summed E-state index contributed by atoms with van der Waals surface area (Å²) in [6.45, 7) is 0. The first-order valence-corrected chi connectivity index (χ1v) is 6.65. The zero-order valence-corrected chi connectivity index (χ0v) is 11.7. The number of hydrogen-bond acceptors (Lipinski definition) is 0. The highest BCUT2D eigenvalue weighted by Gasteiger charge is 2.13. The lowest BCUT2D eigenvalue weighted by Gasteiger charge is -2.00. The Kier molecular flexibility index (Phi) is 2.67. The van der Waals surface area contributed by atoms with Crippen molar-refractivity contribution in [3.05, 3.63) is 58.3 Å².